The Bertz CT molecular complexity index is 714. The van der Waals surface area contributed by atoms with E-state index in [1.165, 1.54) is 12.1 Å². The van der Waals surface area contributed by atoms with Crippen LogP contribution < -0.4 is 5.73 Å². The summed E-state index contributed by atoms with van der Waals surface area (Å²) in [6.07, 6.45) is 1.53. The predicted molar refractivity (Wildman–Crippen MR) is 89.8 cm³/mol. The maximum absolute atomic E-state index is 13.0. The van der Waals surface area contributed by atoms with E-state index >= 15 is 0 Å². The maximum atomic E-state index is 13.0. The van der Waals surface area contributed by atoms with Crippen LogP contribution in [-0.2, 0) is 6.54 Å². The number of primary amides is 1. The molecule has 3 N–H and O–H groups in total. The summed E-state index contributed by atoms with van der Waals surface area (Å²) < 4.78 is 13.0. The van der Waals surface area contributed by atoms with Crippen LogP contribution in [0.4, 0.5) is 4.39 Å². The highest BCUT2D eigenvalue weighted by molar-refractivity contribution is 5.92. The maximum Gasteiger partial charge on any atom is 0.248 e. The van der Waals surface area contributed by atoms with E-state index in [2.05, 4.69) is 4.90 Å². The van der Waals surface area contributed by atoms with Crippen LogP contribution in [0.2, 0.25) is 0 Å². The third kappa shape index (κ3) is 4.19. The fraction of sp³-hybridized carbons (Fsp3) is 0.316. The molecule has 24 heavy (non-hydrogen) atoms. The summed E-state index contributed by atoms with van der Waals surface area (Å²) in [6, 6.07) is 13.6. The molecule has 126 valence electrons. The molecule has 3 rings (SSSR count). The Morgan fingerprint density at radius 3 is 2.58 bits per heavy atom. The van der Waals surface area contributed by atoms with Crippen LogP contribution in [0.25, 0.3) is 0 Å². The van der Waals surface area contributed by atoms with Gasteiger partial charge in [-0.3, -0.25) is 9.69 Å². The predicted octanol–water partition coefficient (Wildman–Crippen LogP) is 2.62. The summed E-state index contributed by atoms with van der Waals surface area (Å²) in [7, 11) is 0. The van der Waals surface area contributed by atoms with Crippen LogP contribution in [0.5, 0.6) is 0 Å². The second-order valence-electron chi connectivity index (χ2n) is 6.29. The molecule has 0 radical (unpaired) electrons. The number of rotatable bonds is 7. The van der Waals surface area contributed by atoms with Crippen molar-refractivity contribution in [2.45, 2.75) is 31.5 Å². The highest BCUT2D eigenvalue weighted by Crippen LogP contribution is 2.30. The Kier molecular flexibility index (Phi) is 4.92. The molecule has 4 nitrogen and oxygen atoms in total. The number of halogens is 1. The summed E-state index contributed by atoms with van der Waals surface area (Å²) in [6.45, 7) is 1.11. The normalized spacial score (nSPS) is 15.5. The largest absolute Gasteiger partial charge is 0.387 e. The second-order valence-corrected chi connectivity index (χ2v) is 6.29. The van der Waals surface area contributed by atoms with Crippen LogP contribution in [0.15, 0.2) is 48.5 Å². The van der Waals surface area contributed by atoms with Crippen molar-refractivity contribution in [2.75, 3.05) is 6.54 Å². The number of hydrogen-bond donors (Lipinski definition) is 2. The Labute approximate surface area is 140 Å². The zero-order valence-electron chi connectivity index (χ0n) is 13.4. The van der Waals surface area contributed by atoms with Crippen LogP contribution in [0, 0.1) is 5.82 Å². The van der Waals surface area contributed by atoms with Crippen molar-refractivity contribution in [3.05, 3.63) is 71.0 Å². The molecule has 1 fully saturated rings. The van der Waals surface area contributed by atoms with E-state index < -0.39 is 12.0 Å². The topological polar surface area (TPSA) is 66.6 Å². The van der Waals surface area contributed by atoms with Gasteiger partial charge in [-0.2, -0.15) is 0 Å². The van der Waals surface area contributed by atoms with Crippen LogP contribution in [0.1, 0.15) is 40.4 Å². The molecule has 1 amide bonds. The highest BCUT2D eigenvalue weighted by atomic mass is 19.1. The average molecular weight is 328 g/mol. The fourth-order valence-electron chi connectivity index (χ4n) is 2.85. The van der Waals surface area contributed by atoms with Crippen molar-refractivity contribution in [2.24, 2.45) is 5.73 Å². The molecule has 1 atom stereocenters. The number of carbonyl (C=O) groups is 1. The van der Waals surface area contributed by atoms with Gasteiger partial charge in [0.05, 0.1) is 6.10 Å². The number of benzene rings is 2. The minimum Gasteiger partial charge on any atom is -0.387 e. The molecule has 0 saturated heterocycles. The summed E-state index contributed by atoms with van der Waals surface area (Å²) >= 11 is 0. The van der Waals surface area contributed by atoms with Crippen molar-refractivity contribution in [3.63, 3.8) is 0 Å². The first kappa shape index (κ1) is 16.6. The number of aliphatic hydroxyl groups excluding tert-OH is 1. The molecule has 1 saturated carbocycles. The summed E-state index contributed by atoms with van der Waals surface area (Å²) in [5, 5.41) is 10.4. The van der Waals surface area contributed by atoms with Gasteiger partial charge in [-0.1, -0.05) is 24.3 Å². The molecular weight excluding hydrogens is 307 g/mol. The zero-order chi connectivity index (χ0) is 17.1. The molecule has 5 heteroatoms. The smallest absolute Gasteiger partial charge is 0.248 e. The summed E-state index contributed by atoms with van der Waals surface area (Å²) in [5.74, 6) is -0.755. The van der Waals surface area contributed by atoms with Gasteiger partial charge in [-0.15, -0.1) is 0 Å². The quantitative estimate of drug-likeness (QED) is 0.821. The standard InChI is InChI=1S/C19H21FN2O2/c20-16-6-4-14(5-7-16)18(23)12-22(17-8-9-17)11-13-2-1-3-15(10-13)19(21)24/h1-7,10,17-18,23H,8-9,11-12H2,(H2,21,24). The number of amides is 1. The molecule has 0 aromatic heterocycles. The van der Waals surface area contributed by atoms with E-state index in [1.807, 2.05) is 12.1 Å². The number of nitrogens with two attached hydrogens (primary N) is 1. The molecular formula is C19H21FN2O2. The van der Waals surface area contributed by atoms with Gasteiger partial charge < -0.3 is 10.8 Å². The van der Waals surface area contributed by atoms with Gasteiger partial charge in [0.25, 0.3) is 0 Å². The molecule has 1 aliphatic rings. The number of carbonyl (C=O) groups excluding carboxylic acids is 1. The lowest BCUT2D eigenvalue weighted by Crippen LogP contribution is -2.30. The third-order valence-corrected chi connectivity index (χ3v) is 4.32. The van der Waals surface area contributed by atoms with Crippen molar-refractivity contribution in [3.8, 4) is 0 Å². The Hall–Kier alpha value is -2.24. The first-order valence-corrected chi connectivity index (χ1v) is 8.09. The van der Waals surface area contributed by atoms with Gasteiger partial charge in [0.2, 0.25) is 5.91 Å². The zero-order valence-corrected chi connectivity index (χ0v) is 13.4. The Morgan fingerprint density at radius 1 is 1.25 bits per heavy atom. The molecule has 2 aromatic carbocycles. The van der Waals surface area contributed by atoms with Crippen molar-refractivity contribution in [1.29, 1.82) is 0 Å². The van der Waals surface area contributed by atoms with Crippen molar-refractivity contribution in [1.82, 2.24) is 4.90 Å². The lowest BCUT2D eigenvalue weighted by atomic mass is 10.1. The first-order valence-electron chi connectivity index (χ1n) is 8.09. The number of aliphatic hydroxyl groups is 1. The molecule has 0 bridgehead atoms. The summed E-state index contributed by atoms with van der Waals surface area (Å²) in [4.78, 5) is 13.5. The molecule has 1 aliphatic carbocycles. The van der Waals surface area contributed by atoms with E-state index in [-0.39, 0.29) is 5.82 Å². The number of nitrogens with zero attached hydrogens (tertiary/aromatic N) is 1. The highest BCUT2D eigenvalue weighted by Gasteiger charge is 2.30. The minimum absolute atomic E-state index is 0.312. The number of hydrogen-bond acceptors (Lipinski definition) is 3. The van der Waals surface area contributed by atoms with E-state index in [0.717, 1.165) is 18.4 Å². The van der Waals surface area contributed by atoms with Gasteiger partial charge in [0, 0.05) is 24.7 Å². The van der Waals surface area contributed by atoms with Gasteiger partial charge in [-0.05, 0) is 48.2 Å². The van der Waals surface area contributed by atoms with E-state index in [9.17, 15) is 14.3 Å². The van der Waals surface area contributed by atoms with Crippen LogP contribution in [-0.4, -0.2) is 28.5 Å². The monoisotopic (exact) mass is 328 g/mol. The van der Waals surface area contributed by atoms with Gasteiger partial charge in [0.15, 0.2) is 0 Å². The minimum atomic E-state index is -0.675. The van der Waals surface area contributed by atoms with Gasteiger partial charge in [0.1, 0.15) is 5.82 Å². The lowest BCUT2D eigenvalue weighted by molar-refractivity contribution is 0.0996. The Morgan fingerprint density at radius 2 is 1.96 bits per heavy atom. The van der Waals surface area contributed by atoms with Crippen LogP contribution in [0.3, 0.4) is 0 Å². The summed E-state index contributed by atoms with van der Waals surface area (Å²) in [5.41, 5.74) is 7.51. The van der Waals surface area contributed by atoms with Gasteiger partial charge >= 0.3 is 0 Å². The van der Waals surface area contributed by atoms with Gasteiger partial charge in [-0.25, -0.2) is 4.39 Å². The lowest BCUT2D eigenvalue weighted by Gasteiger charge is -2.25. The van der Waals surface area contributed by atoms with E-state index in [0.29, 0.717) is 30.3 Å². The Balaban J connectivity index is 1.70. The molecule has 1 unspecified atom stereocenters. The van der Waals surface area contributed by atoms with E-state index in [1.54, 1.807) is 24.3 Å². The van der Waals surface area contributed by atoms with Crippen molar-refractivity contribution >= 4 is 5.91 Å². The molecule has 0 aliphatic heterocycles. The average Bonchev–Trinajstić information content (AvgIpc) is 3.40. The molecule has 0 heterocycles. The third-order valence-electron chi connectivity index (χ3n) is 4.32. The van der Waals surface area contributed by atoms with Crippen molar-refractivity contribution < 1.29 is 14.3 Å². The SMILES string of the molecule is NC(=O)c1cccc(CN(CC(O)c2ccc(F)cc2)C2CC2)c1. The first-order chi connectivity index (χ1) is 11.5. The fourth-order valence-corrected chi connectivity index (χ4v) is 2.85. The second kappa shape index (κ2) is 7.11. The molecule has 0 spiro atoms. The molecule has 2 aromatic rings. The van der Waals surface area contributed by atoms with Crippen LogP contribution >= 0.6 is 0 Å². The van der Waals surface area contributed by atoms with E-state index in [4.69, 9.17) is 5.73 Å².